The third-order valence-electron chi connectivity index (χ3n) is 5.73. The molecule has 2 aromatic carbocycles. The Bertz CT molecular complexity index is 932. The maximum Gasteiger partial charge on any atom is 0.414 e. The van der Waals surface area contributed by atoms with E-state index < -0.39 is 5.97 Å². The Morgan fingerprint density at radius 2 is 1.57 bits per heavy atom. The van der Waals surface area contributed by atoms with Gasteiger partial charge in [0.05, 0.1) is 7.11 Å². The summed E-state index contributed by atoms with van der Waals surface area (Å²) >= 11 is 0. The Kier molecular flexibility index (Phi) is 16.1. The largest absolute Gasteiger partial charge is 0.481 e. The molecule has 1 aliphatic rings. The molecule has 1 fully saturated rings. The van der Waals surface area contributed by atoms with E-state index in [-0.39, 0.29) is 6.09 Å². The highest BCUT2D eigenvalue weighted by molar-refractivity contribution is 5.87. The number of methoxy groups -OCH3 is 1. The number of hydrogen-bond acceptors (Lipinski definition) is 4. The van der Waals surface area contributed by atoms with E-state index in [1.807, 2.05) is 43.3 Å². The Morgan fingerprint density at radius 1 is 1.03 bits per heavy atom. The Hall–Kier alpha value is -3.38. The molecular formula is C31H44N2O4. The van der Waals surface area contributed by atoms with Gasteiger partial charge in [-0.15, -0.1) is 0 Å². The summed E-state index contributed by atoms with van der Waals surface area (Å²) in [5.74, 6) is -0.305. The molecule has 0 aromatic heterocycles. The van der Waals surface area contributed by atoms with Gasteiger partial charge >= 0.3 is 6.09 Å². The molecule has 6 nitrogen and oxygen atoms in total. The number of piperidine rings is 1. The van der Waals surface area contributed by atoms with Crippen molar-refractivity contribution < 1.29 is 19.4 Å². The van der Waals surface area contributed by atoms with Crippen molar-refractivity contribution in [3.8, 4) is 0 Å². The van der Waals surface area contributed by atoms with Gasteiger partial charge in [-0.1, -0.05) is 79.8 Å². The van der Waals surface area contributed by atoms with E-state index in [9.17, 15) is 4.79 Å². The summed E-state index contributed by atoms with van der Waals surface area (Å²) in [4.78, 5) is 25.4. The number of carboxylic acid groups (broad SMARTS) is 1. The Morgan fingerprint density at radius 3 is 2.05 bits per heavy atom. The highest BCUT2D eigenvalue weighted by Crippen LogP contribution is 2.22. The Labute approximate surface area is 223 Å². The van der Waals surface area contributed by atoms with Gasteiger partial charge in [0.2, 0.25) is 0 Å². The Balaban J connectivity index is 0.000000402. The van der Waals surface area contributed by atoms with Crippen LogP contribution in [0.15, 0.2) is 85.0 Å². The van der Waals surface area contributed by atoms with Gasteiger partial charge in [0.15, 0.2) is 0 Å². The lowest BCUT2D eigenvalue weighted by Crippen LogP contribution is -2.41. The van der Waals surface area contributed by atoms with Crippen LogP contribution in [0.3, 0.4) is 0 Å². The number of ether oxygens (including phenoxy) is 1. The molecule has 2 aromatic rings. The number of carboxylic acids is 1. The minimum Gasteiger partial charge on any atom is -0.481 e. The van der Waals surface area contributed by atoms with Gasteiger partial charge in [-0.05, 0) is 69.3 Å². The van der Waals surface area contributed by atoms with Gasteiger partial charge in [0, 0.05) is 25.7 Å². The maximum absolute atomic E-state index is 12.1. The van der Waals surface area contributed by atoms with Crippen LogP contribution >= 0.6 is 0 Å². The highest BCUT2D eigenvalue weighted by atomic mass is 16.5. The molecule has 0 unspecified atom stereocenters. The van der Waals surface area contributed by atoms with Gasteiger partial charge < -0.3 is 9.84 Å². The van der Waals surface area contributed by atoms with Crippen molar-refractivity contribution in [2.24, 2.45) is 5.92 Å². The molecule has 1 saturated heterocycles. The second-order valence-corrected chi connectivity index (χ2v) is 9.18. The maximum atomic E-state index is 12.1. The molecule has 202 valence electrons. The summed E-state index contributed by atoms with van der Waals surface area (Å²) in [5.41, 5.74) is 3.47. The predicted molar refractivity (Wildman–Crippen MR) is 153 cm³/mol. The van der Waals surface area contributed by atoms with Crippen LogP contribution in [0.5, 0.6) is 0 Å². The lowest BCUT2D eigenvalue weighted by molar-refractivity contribution is -0.134. The molecule has 6 heteroatoms. The van der Waals surface area contributed by atoms with E-state index in [0.29, 0.717) is 5.92 Å². The molecule has 0 spiro atoms. The van der Waals surface area contributed by atoms with E-state index in [1.54, 1.807) is 4.90 Å². The third kappa shape index (κ3) is 14.7. The molecular weight excluding hydrogens is 464 g/mol. The van der Waals surface area contributed by atoms with Crippen LogP contribution in [0.1, 0.15) is 45.6 Å². The molecule has 0 radical (unpaired) electrons. The number of nitrogens with zero attached hydrogens (tertiary/aromatic N) is 2. The van der Waals surface area contributed by atoms with Gasteiger partial charge in [-0.3, -0.25) is 14.6 Å². The first kappa shape index (κ1) is 31.6. The highest BCUT2D eigenvalue weighted by Gasteiger charge is 2.24. The number of anilines is 1. The monoisotopic (exact) mass is 508 g/mol. The molecule has 3 rings (SSSR count). The molecule has 0 atom stereocenters. The molecule has 37 heavy (non-hydrogen) atoms. The minimum atomic E-state index is -0.833. The van der Waals surface area contributed by atoms with E-state index >= 15 is 0 Å². The molecule has 1 N–H and O–H groups in total. The summed E-state index contributed by atoms with van der Waals surface area (Å²) < 4.78 is 4.96. The quantitative estimate of drug-likeness (QED) is 0.396. The normalized spacial score (nSPS) is 13.5. The minimum absolute atomic E-state index is 0.274. The van der Waals surface area contributed by atoms with Crippen LogP contribution in [-0.2, 0) is 16.0 Å². The van der Waals surface area contributed by atoms with Crippen LogP contribution in [-0.4, -0.2) is 55.4 Å². The molecule has 0 saturated carbocycles. The fourth-order valence-corrected chi connectivity index (χ4v) is 3.95. The number of hydrogen-bond donors (Lipinski definition) is 1. The topological polar surface area (TPSA) is 70.1 Å². The zero-order valence-electron chi connectivity index (χ0n) is 22.9. The van der Waals surface area contributed by atoms with E-state index in [2.05, 4.69) is 54.8 Å². The van der Waals surface area contributed by atoms with Crippen LogP contribution < -0.4 is 4.90 Å². The standard InChI is InChI=1S/C19H28N2O2.C10H12.C2H4O2/c1-3-4-8-13-20-14-11-17(12-15-20)16-21(19(22)23-2)18-9-6-5-7-10-18;1-9(2)8-10-6-4-3-5-7-10;1-2(3)4/h4-10,17H,3,11-16H2,1-2H3;3-7H,1,8H2,2H3;1H3,(H,3,4)/b8-4+;;. The number of carbonyl (C=O) groups is 2. The van der Waals surface area contributed by atoms with Crippen molar-refractivity contribution in [3.63, 3.8) is 0 Å². The molecule has 1 aliphatic heterocycles. The molecule has 1 amide bonds. The summed E-state index contributed by atoms with van der Waals surface area (Å²) in [7, 11) is 1.45. The average Bonchev–Trinajstić information content (AvgIpc) is 2.89. The molecule has 1 heterocycles. The average molecular weight is 509 g/mol. The number of rotatable bonds is 8. The van der Waals surface area contributed by atoms with Crippen LogP contribution in [0.2, 0.25) is 0 Å². The SMILES string of the molecule is C=C(C)Cc1ccccc1.CC(=O)O.CC/C=C/CN1CCC(CN(C(=O)OC)c2ccccc2)CC1. The zero-order valence-corrected chi connectivity index (χ0v) is 22.9. The van der Waals surface area contributed by atoms with Crippen LogP contribution in [0.4, 0.5) is 10.5 Å². The van der Waals surface area contributed by atoms with Crippen molar-refractivity contribution >= 4 is 17.7 Å². The lowest BCUT2D eigenvalue weighted by atomic mass is 9.96. The number of amides is 1. The number of allylic oxidation sites excluding steroid dienone is 2. The van der Waals surface area contributed by atoms with Crippen molar-refractivity contribution in [3.05, 3.63) is 90.5 Å². The second kappa shape index (κ2) is 18.8. The molecule has 0 bridgehead atoms. The summed E-state index contributed by atoms with van der Waals surface area (Å²) in [6.45, 7) is 13.1. The number of likely N-dealkylation sites (tertiary alicyclic amines) is 1. The summed E-state index contributed by atoms with van der Waals surface area (Å²) in [6.07, 6.45) is 8.55. The van der Waals surface area contributed by atoms with Gasteiger partial charge in [-0.2, -0.15) is 0 Å². The zero-order chi connectivity index (χ0) is 27.5. The molecule has 0 aliphatic carbocycles. The van der Waals surface area contributed by atoms with E-state index in [0.717, 1.165) is 64.5 Å². The fraction of sp³-hybridized carbons (Fsp3) is 0.419. The second-order valence-electron chi connectivity index (χ2n) is 9.18. The van der Waals surface area contributed by atoms with Gasteiger partial charge in [-0.25, -0.2) is 4.79 Å². The smallest absolute Gasteiger partial charge is 0.414 e. The van der Waals surface area contributed by atoms with Crippen LogP contribution in [0, 0.1) is 5.92 Å². The summed E-state index contributed by atoms with van der Waals surface area (Å²) in [6, 6.07) is 20.2. The first-order valence-corrected chi connectivity index (χ1v) is 12.9. The van der Waals surface area contributed by atoms with E-state index in [1.165, 1.54) is 18.2 Å². The van der Waals surface area contributed by atoms with Crippen molar-refractivity contribution in [2.75, 3.05) is 38.2 Å². The predicted octanol–water partition coefficient (Wildman–Crippen LogP) is 6.83. The number of benzene rings is 2. The van der Waals surface area contributed by atoms with Crippen LogP contribution in [0.25, 0.3) is 0 Å². The van der Waals surface area contributed by atoms with Crippen molar-refractivity contribution in [2.45, 2.75) is 46.5 Å². The van der Waals surface area contributed by atoms with Gasteiger partial charge in [0.25, 0.3) is 5.97 Å². The number of carbonyl (C=O) groups excluding carboxylic acids is 1. The van der Waals surface area contributed by atoms with Crippen molar-refractivity contribution in [1.29, 1.82) is 0 Å². The summed E-state index contributed by atoms with van der Waals surface area (Å²) in [5, 5.41) is 7.42. The lowest BCUT2D eigenvalue weighted by Gasteiger charge is -2.34. The number of aliphatic carboxylic acids is 1. The van der Waals surface area contributed by atoms with Crippen molar-refractivity contribution in [1.82, 2.24) is 4.90 Å². The third-order valence-corrected chi connectivity index (χ3v) is 5.73. The first-order chi connectivity index (χ1) is 17.8. The van der Waals surface area contributed by atoms with Gasteiger partial charge in [0.1, 0.15) is 0 Å². The van der Waals surface area contributed by atoms with E-state index in [4.69, 9.17) is 14.6 Å². The fourth-order valence-electron chi connectivity index (χ4n) is 3.95. The number of para-hydroxylation sites is 1. The first-order valence-electron chi connectivity index (χ1n) is 12.9.